The fraction of sp³-hybridized carbons (Fsp3) is 0. The largest absolute Gasteiger partial charge is 0.358 e. The first-order chi connectivity index (χ1) is 10.2. The number of halogens is 2. The number of H-pyrrole nitrogens is 2. The number of anilines is 2. The van der Waals surface area contributed by atoms with Gasteiger partial charge in [-0.2, -0.15) is 0 Å². The van der Waals surface area contributed by atoms with Gasteiger partial charge in [-0.25, -0.2) is 9.37 Å². The van der Waals surface area contributed by atoms with Gasteiger partial charge in [-0.3, -0.25) is 0 Å². The van der Waals surface area contributed by atoms with E-state index in [0.29, 0.717) is 11.3 Å². The van der Waals surface area contributed by atoms with Crippen LogP contribution in [0.3, 0.4) is 0 Å². The lowest BCUT2D eigenvalue weighted by molar-refractivity contribution is 0.639. The first-order valence-corrected chi connectivity index (χ1v) is 7.17. The van der Waals surface area contributed by atoms with Crippen LogP contribution in [0.1, 0.15) is 0 Å². The lowest BCUT2D eigenvalue weighted by Crippen LogP contribution is -1.91. The van der Waals surface area contributed by atoms with E-state index in [-0.39, 0.29) is 5.82 Å². The third-order valence-corrected chi connectivity index (χ3v) is 3.83. The van der Waals surface area contributed by atoms with Crippen molar-refractivity contribution in [2.45, 2.75) is 0 Å². The van der Waals surface area contributed by atoms with Gasteiger partial charge in [0.15, 0.2) is 0 Å². The lowest BCUT2D eigenvalue weighted by atomic mass is 10.2. The Morgan fingerprint density at radius 3 is 2.90 bits per heavy atom. The zero-order valence-corrected chi connectivity index (χ0v) is 12.3. The Hall–Kier alpha value is -2.34. The van der Waals surface area contributed by atoms with Crippen LogP contribution in [-0.2, 0) is 0 Å². The molecule has 4 rings (SSSR count). The monoisotopic (exact) mass is 344 g/mol. The third kappa shape index (κ3) is 2.17. The van der Waals surface area contributed by atoms with Gasteiger partial charge in [-0.05, 0) is 36.4 Å². The Balaban J connectivity index is 1.71. The number of nitrogens with zero attached hydrogens (tertiary/aromatic N) is 1. The molecule has 2 aromatic heterocycles. The summed E-state index contributed by atoms with van der Waals surface area (Å²) >= 11 is 3.43. The number of rotatable bonds is 2. The second-order valence-corrected chi connectivity index (χ2v) is 5.68. The molecule has 0 aliphatic heterocycles. The quantitative estimate of drug-likeness (QED) is 0.494. The highest BCUT2D eigenvalue weighted by Gasteiger charge is 2.06. The number of fused-ring (bicyclic) bond motifs is 2. The minimum atomic E-state index is -0.245. The fourth-order valence-corrected chi connectivity index (χ4v) is 2.71. The third-order valence-electron chi connectivity index (χ3n) is 3.34. The average molecular weight is 345 g/mol. The van der Waals surface area contributed by atoms with E-state index < -0.39 is 0 Å². The van der Waals surface area contributed by atoms with Gasteiger partial charge in [0.1, 0.15) is 5.82 Å². The van der Waals surface area contributed by atoms with E-state index in [2.05, 4.69) is 36.2 Å². The summed E-state index contributed by atoms with van der Waals surface area (Å²) in [6, 6.07) is 11.3. The van der Waals surface area contributed by atoms with E-state index >= 15 is 0 Å². The van der Waals surface area contributed by atoms with Gasteiger partial charge in [0.2, 0.25) is 5.95 Å². The van der Waals surface area contributed by atoms with E-state index in [9.17, 15) is 4.39 Å². The van der Waals surface area contributed by atoms with Crippen molar-refractivity contribution in [3.63, 3.8) is 0 Å². The Bertz CT molecular complexity index is 957. The maximum Gasteiger partial charge on any atom is 0.205 e. The van der Waals surface area contributed by atoms with Crippen LogP contribution < -0.4 is 5.32 Å². The highest BCUT2D eigenvalue weighted by molar-refractivity contribution is 9.10. The molecule has 0 aliphatic carbocycles. The summed E-state index contributed by atoms with van der Waals surface area (Å²) in [5.74, 6) is 0.402. The minimum Gasteiger partial charge on any atom is -0.358 e. The maximum absolute atomic E-state index is 13.4. The van der Waals surface area contributed by atoms with Gasteiger partial charge in [-0.15, -0.1) is 0 Å². The molecule has 21 heavy (non-hydrogen) atoms. The van der Waals surface area contributed by atoms with Crippen molar-refractivity contribution >= 4 is 49.5 Å². The molecule has 0 amide bonds. The van der Waals surface area contributed by atoms with Crippen LogP contribution in [0.4, 0.5) is 16.0 Å². The number of aromatic amines is 2. The molecule has 0 atom stereocenters. The van der Waals surface area contributed by atoms with Crippen LogP contribution in [0.15, 0.2) is 47.1 Å². The van der Waals surface area contributed by atoms with Crippen molar-refractivity contribution in [3.05, 3.63) is 52.9 Å². The highest BCUT2D eigenvalue weighted by atomic mass is 79.9. The summed E-state index contributed by atoms with van der Waals surface area (Å²) in [6.07, 6.45) is 1.35. The first-order valence-electron chi connectivity index (χ1n) is 6.38. The molecule has 104 valence electrons. The predicted octanol–water partition coefficient (Wildman–Crippen LogP) is 4.69. The second-order valence-electron chi connectivity index (χ2n) is 4.77. The Morgan fingerprint density at radius 2 is 2.00 bits per heavy atom. The van der Waals surface area contributed by atoms with Crippen LogP contribution in [0.25, 0.3) is 21.9 Å². The number of aromatic nitrogens is 3. The van der Waals surface area contributed by atoms with E-state index in [4.69, 9.17) is 0 Å². The fourth-order valence-electron chi connectivity index (χ4n) is 2.35. The molecule has 2 heterocycles. The molecule has 0 bridgehead atoms. The molecule has 2 aromatic carbocycles. The van der Waals surface area contributed by atoms with Gasteiger partial charge in [0.05, 0.1) is 16.6 Å². The van der Waals surface area contributed by atoms with Crippen LogP contribution in [0.2, 0.25) is 0 Å². The van der Waals surface area contributed by atoms with Crippen molar-refractivity contribution in [2.24, 2.45) is 0 Å². The summed E-state index contributed by atoms with van der Waals surface area (Å²) in [6.45, 7) is 0. The van der Waals surface area contributed by atoms with Gasteiger partial charge >= 0.3 is 0 Å². The summed E-state index contributed by atoms with van der Waals surface area (Å²) < 4.78 is 14.4. The molecule has 0 fully saturated rings. The minimum absolute atomic E-state index is 0.245. The van der Waals surface area contributed by atoms with E-state index in [1.807, 2.05) is 30.3 Å². The van der Waals surface area contributed by atoms with E-state index in [1.54, 1.807) is 6.07 Å². The zero-order valence-electron chi connectivity index (χ0n) is 10.7. The number of hydrogen-bond acceptors (Lipinski definition) is 2. The smallest absolute Gasteiger partial charge is 0.205 e. The van der Waals surface area contributed by atoms with Crippen molar-refractivity contribution in [2.75, 3.05) is 5.32 Å². The molecule has 4 aromatic rings. The Morgan fingerprint density at radius 1 is 1.10 bits per heavy atom. The first kappa shape index (κ1) is 12.4. The van der Waals surface area contributed by atoms with Crippen LogP contribution in [0, 0.1) is 5.82 Å². The molecular weight excluding hydrogens is 335 g/mol. The Labute approximate surface area is 127 Å². The van der Waals surface area contributed by atoms with Crippen molar-refractivity contribution < 1.29 is 4.39 Å². The van der Waals surface area contributed by atoms with Gasteiger partial charge in [-0.1, -0.05) is 15.9 Å². The molecule has 4 nitrogen and oxygen atoms in total. The molecule has 0 spiro atoms. The highest BCUT2D eigenvalue weighted by Crippen LogP contribution is 2.24. The summed E-state index contributed by atoms with van der Waals surface area (Å²) in [4.78, 5) is 10.6. The molecule has 0 saturated heterocycles. The number of nitrogens with one attached hydrogen (secondary N) is 3. The van der Waals surface area contributed by atoms with E-state index in [1.165, 1.54) is 6.20 Å². The second kappa shape index (κ2) is 4.60. The van der Waals surface area contributed by atoms with Gasteiger partial charge < -0.3 is 15.3 Å². The molecule has 0 aliphatic rings. The zero-order chi connectivity index (χ0) is 14.4. The van der Waals surface area contributed by atoms with Crippen molar-refractivity contribution in [1.82, 2.24) is 15.0 Å². The van der Waals surface area contributed by atoms with Gasteiger partial charge in [0, 0.05) is 21.7 Å². The topological polar surface area (TPSA) is 56.5 Å². The standard InChI is InChI=1S/C15H10BrFN4/c16-8-1-4-12-14(5-8)21-15(20-12)19-9-2-3-10-11(17)7-18-13(10)6-9/h1-7,18H,(H2,19,20,21). The predicted molar refractivity (Wildman–Crippen MR) is 85.3 cm³/mol. The van der Waals surface area contributed by atoms with E-state index in [0.717, 1.165) is 26.7 Å². The SMILES string of the molecule is Fc1c[nH]c2cc(Nc3nc4ccc(Br)cc4[nH]3)ccc12. The van der Waals surface area contributed by atoms with Crippen molar-refractivity contribution in [1.29, 1.82) is 0 Å². The van der Waals surface area contributed by atoms with Crippen LogP contribution in [0.5, 0.6) is 0 Å². The lowest BCUT2D eigenvalue weighted by Gasteiger charge is -2.02. The molecular formula is C15H10BrFN4. The molecule has 0 saturated carbocycles. The summed E-state index contributed by atoms with van der Waals surface area (Å²) in [5, 5.41) is 3.77. The van der Waals surface area contributed by atoms with Gasteiger partial charge in [0.25, 0.3) is 0 Å². The van der Waals surface area contributed by atoms with Crippen molar-refractivity contribution in [3.8, 4) is 0 Å². The number of benzene rings is 2. The molecule has 6 heteroatoms. The normalized spacial score (nSPS) is 11.3. The molecule has 3 N–H and O–H groups in total. The Kier molecular flexibility index (Phi) is 2.71. The summed E-state index contributed by atoms with van der Waals surface area (Å²) in [5.41, 5.74) is 3.41. The number of hydrogen-bond donors (Lipinski definition) is 3. The van der Waals surface area contributed by atoms with Crippen LogP contribution >= 0.6 is 15.9 Å². The maximum atomic E-state index is 13.4. The van der Waals surface area contributed by atoms with Crippen LogP contribution in [-0.4, -0.2) is 15.0 Å². The molecule has 0 radical (unpaired) electrons. The molecule has 0 unspecified atom stereocenters. The number of imidazole rings is 1. The average Bonchev–Trinajstić information content (AvgIpc) is 3.02. The summed E-state index contributed by atoms with van der Waals surface area (Å²) in [7, 11) is 0.